The largest absolute Gasteiger partial charge is 0.313 e. The lowest BCUT2D eigenvalue weighted by Crippen LogP contribution is -2.27. The fourth-order valence-electron chi connectivity index (χ4n) is 2.76. The third-order valence-electron chi connectivity index (χ3n) is 3.55. The van der Waals surface area contributed by atoms with Gasteiger partial charge in [0.25, 0.3) is 0 Å². The first-order chi connectivity index (χ1) is 7.68. The summed E-state index contributed by atoms with van der Waals surface area (Å²) in [6, 6.07) is 2.77. The Kier molecular flexibility index (Phi) is 3.59. The molecule has 0 saturated carbocycles. The minimum atomic E-state index is 0.642. The molecule has 2 unspecified atom stereocenters. The lowest BCUT2D eigenvalue weighted by Gasteiger charge is -2.22. The number of hydrogen-bond acceptors (Lipinski definition) is 2. The highest BCUT2D eigenvalue weighted by Crippen LogP contribution is 2.32. The van der Waals surface area contributed by atoms with Crippen LogP contribution in [0.3, 0.4) is 0 Å². The zero-order valence-electron chi connectivity index (χ0n) is 10.5. The topological polar surface area (TPSA) is 24.9 Å². The highest BCUT2D eigenvalue weighted by molar-refractivity contribution is 5.28. The molecule has 0 aromatic carbocycles. The van der Waals surface area contributed by atoms with Crippen LogP contribution >= 0.6 is 0 Å². The standard InChI is InChI=1S/C14H22N2/c1-10(2)8-14-12(5-7-16-14)13-9-15-6-4-11(13)3/h4,6,9-10,12,14,16H,5,7-8H2,1-3H3. The van der Waals surface area contributed by atoms with Crippen LogP contribution in [0, 0.1) is 12.8 Å². The van der Waals surface area contributed by atoms with Gasteiger partial charge in [0.1, 0.15) is 0 Å². The normalized spacial score (nSPS) is 25.2. The molecule has 16 heavy (non-hydrogen) atoms. The van der Waals surface area contributed by atoms with E-state index < -0.39 is 0 Å². The Hall–Kier alpha value is -0.890. The molecule has 1 saturated heterocycles. The van der Waals surface area contributed by atoms with E-state index in [2.05, 4.69) is 43.3 Å². The van der Waals surface area contributed by atoms with Crippen LogP contribution in [0.15, 0.2) is 18.5 Å². The van der Waals surface area contributed by atoms with E-state index in [-0.39, 0.29) is 0 Å². The zero-order valence-corrected chi connectivity index (χ0v) is 10.5. The maximum Gasteiger partial charge on any atom is 0.0305 e. The number of aryl methyl sites for hydroxylation is 1. The molecule has 88 valence electrons. The monoisotopic (exact) mass is 218 g/mol. The molecular formula is C14H22N2. The van der Waals surface area contributed by atoms with Gasteiger partial charge in [0, 0.05) is 24.4 Å². The first-order valence-electron chi connectivity index (χ1n) is 6.32. The Bertz CT molecular complexity index is 346. The highest BCUT2D eigenvalue weighted by atomic mass is 15.0. The Balaban J connectivity index is 2.17. The van der Waals surface area contributed by atoms with E-state index in [1.165, 1.54) is 24.0 Å². The van der Waals surface area contributed by atoms with Crippen LogP contribution in [0.1, 0.15) is 43.7 Å². The van der Waals surface area contributed by atoms with Crippen molar-refractivity contribution in [2.75, 3.05) is 6.54 Å². The average molecular weight is 218 g/mol. The highest BCUT2D eigenvalue weighted by Gasteiger charge is 2.29. The smallest absolute Gasteiger partial charge is 0.0305 e. The third-order valence-corrected chi connectivity index (χ3v) is 3.55. The molecule has 0 amide bonds. The maximum absolute atomic E-state index is 4.28. The lowest BCUT2D eigenvalue weighted by atomic mass is 9.86. The van der Waals surface area contributed by atoms with Gasteiger partial charge >= 0.3 is 0 Å². The Morgan fingerprint density at radius 2 is 2.31 bits per heavy atom. The molecule has 1 aromatic rings. The van der Waals surface area contributed by atoms with Gasteiger partial charge in [-0.1, -0.05) is 13.8 Å². The summed E-state index contributed by atoms with van der Waals surface area (Å²) in [5.74, 6) is 1.42. The Labute approximate surface area is 98.5 Å². The van der Waals surface area contributed by atoms with Gasteiger partial charge in [0.05, 0.1) is 0 Å². The van der Waals surface area contributed by atoms with Crippen LogP contribution in [-0.4, -0.2) is 17.6 Å². The summed E-state index contributed by atoms with van der Waals surface area (Å²) >= 11 is 0. The van der Waals surface area contributed by atoms with Gasteiger partial charge in [0.2, 0.25) is 0 Å². The summed E-state index contributed by atoms with van der Waals surface area (Å²) in [6.07, 6.45) is 6.46. The fraction of sp³-hybridized carbons (Fsp3) is 0.643. The Morgan fingerprint density at radius 3 is 3.00 bits per heavy atom. The van der Waals surface area contributed by atoms with Gasteiger partial charge in [-0.15, -0.1) is 0 Å². The minimum absolute atomic E-state index is 0.642. The van der Waals surface area contributed by atoms with Crippen LogP contribution in [-0.2, 0) is 0 Å². The average Bonchev–Trinajstić information content (AvgIpc) is 2.66. The second-order valence-electron chi connectivity index (χ2n) is 5.32. The van der Waals surface area contributed by atoms with E-state index >= 15 is 0 Å². The van der Waals surface area contributed by atoms with E-state index in [0.29, 0.717) is 12.0 Å². The van der Waals surface area contributed by atoms with Gasteiger partial charge in [0.15, 0.2) is 0 Å². The van der Waals surface area contributed by atoms with Crippen LogP contribution in [0.4, 0.5) is 0 Å². The molecule has 0 radical (unpaired) electrons. The first kappa shape index (κ1) is 11.6. The summed E-state index contributed by atoms with van der Waals surface area (Å²) < 4.78 is 0. The number of rotatable bonds is 3. The molecule has 2 heterocycles. The quantitative estimate of drug-likeness (QED) is 0.844. The molecule has 1 aromatic heterocycles. The fourth-order valence-corrected chi connectivity index (χ4v) is 2.76. The van der Waals surface area contributed by atoms with E-state index in [1.54, 1.807) is 0 Å². The van der Waals surface area contributed by atoms with Gasteiger partial charge in [-0.3, -0.25) is 4.98 Å². The zero-order chi connectivity index (χ0) is 11.5. The van der Waals surface area contributed by atoms with E-state index in [4.69, 9.17) is 0 Å². The molecule has 0 bridgehead atoms. The van der Waals surface area contributed by atoms with Crippen LogP contribution in [0.25, 0.3) is 0 Å². The second kappa shape index (κ2) is 4.96. The SMILES string of the molecule is Cc1ccncc1C1CCNC1CC(C)C. The van der Waals surface area contributed by atoms with E-state index in [0.717, 1.165) is 12.5 Å². The molecular weight excluding hydrogens is 196 g/mol. The van der Waals surface area contributed by atoms with Gasteiger partial charge in [-0.25, -0.2) is 0 Å². The van der Waals surface area contributed by atoms with Crippen molar-refractivity contribution in [3.8, 4) is 0 Å². The first-order valence-corrected chi connectivity index (χ1v) is 6.32. The van der Waals surface area contributed by atoms with Crippen molar-refractivity contribution in [1.29, 1.82) is 0 Å². The number of nitrogens with one attached hydrogen (secondary N) is 1. The molecule has 1 aliphatic heterocycles. The van der Waals surface area contributed by atoms with E-state index in [1.807, 2.05) is 6.20 Å². The maximum atomic E-state index is 4.28. The summed E-state index contributed by atoms with van der Waals surface area (Å²) in [5, 5.41) is 3.64. The van der Waals surface area contributed by atoms with Crippen molar-refractivity contribution >= 4 is 0 Å². The summed E-state index contributed by atoms with van der Waals surface area (Å²) in [5.41, 5.74) is 2.83. The molecule has 1 aliphatic rings. The summed E-state index contributed by atoms with van der Waals surface area (Å²) in [7, 11) is 0. The van der Waals surface area contributed by atoms with Gasteiger partial charge in [-0.05, 0) is 49.4 Å². The minimum Gasteiger partial charge on any atom is -0.313 e. The van der Waals surface area contributed by atoms with Gasteiger partial charge in [-0.2, -0.15) is 0 Å². The Morgan fingerprint density at radius 1 is 1.50 bits per heavy atom. The second-order valence-corrected chi connectivity index (χ2v) is 5.32. The molecule has 2 rings (SSSR count). The molecule has 1 fully saturated rings. The van der Waals surface area contributed by atoms with Crippen LogP contribution in [0.5, 0.6) is 0 Å². The molecule has 0 spiro atoms. The summed E-state index contributed by atoms with van der Waals surface area (Å²) in [6.45, 7) is 7.94. The number of nitrogens with zero attached hydrogens (tertiary/aromatic N) is 1. The molecule has 0 aliphatic carbocycles. The van der Waals surface area contributed by atoms with Crippen molar-refractivity contribution in [3.05, 3.63) is 29.6 Å². The van der Waals surface area contributed by atoms with Crippen molar-refractivity contribution in [2.45, 2.75) is 45.6 Å². The van der Waals surface area contributed by atoms with Crippen molar-refractivity contribution in [2.24, 2.45) is 5.92 Å². The van der Waals surface area contributed by atoms with Crippen LogP contribution in [0.2, 0.25) is 0 Å². The number of aromatic nitrogens is 1. The number of hydrogen-bond donors (Lipinski definition) is 1. The third kappa shape index (κ3) is 2.43. The molecule has 1 N–H and O–H groups in total. The van der Waals surface area contributed by atoms with Crippen LogP contribution < -0.4 is 5.32 Å². The van der Waals surface area contributed by atoms with E-state index in [9.17, 15) is 0 Å². The van der Waals surface area contributed by atoms with Crippen molar-refractivity contribution in [1.82, 2.24) is 10.3 Å². The molecule has 2 atom stereocenters. The molecule has 2 heteroatoms. The molecule has 2 nitrogen and oxygen atoms in total. The van der Waals surface area contributed by atoms with Crippen molar-refractivity contribution < 1.29 is 0 Å². The predicted molar refractivity (Wildman–Crippen MR) is 67.6 cm³/mol. The summed E-state index contributed by atoms with van der Waals surface area (Å²) in [4.78, 5) is 4.28. The van der Waals surface area contributed by atoms with Crippen molar-refractivity contribution in [3.63, 3.8) is 0 Å². The van der Waals surface area contributed by atoms with Gasteiger partial charge < -0.3 is 5.32 Å². The predicted octanol–water partition coefficient (Wildman–Crippen LogP) is 2.88. The lowest BCUT2D eigenvalue weighted by molar-refractivity contribution is 0.433. The number of pyridine rings is 1.